The van der Waals surface area contributed by atoms with Crippen molar-refractivity contribution in [1.82, 2.24) is 0 Å². The van der Waals surface area contributed by atoms with Gasteiger partial charge in [0.05, 0.1) is 16.3 Å². The number of aromatic carboxylic acids is 1. The molecule has 0 fully saturated rings. The van der Waals surface area contributed by atoms with Gasteiger partial charge in [-0.3, -0.25) is 4.79 Å². The average molecular weight is 268 g/mol. The molecular weight excluding hydrogens is 256 g/mol. The predicted molar refractivity (Wildman–Crippen MR) is 76.3 cm³/mol. The van der Waals surface area contributed by atoms with Crippen LogP contribution in [0.3, 0.4) is 0 Å². The zero-order valence-corrected chi connectivity index (χ0v) is 10.8. The van der Waals surface area contributed by atoms with Gasteiger partial charge in [0.25, 0.3) is 0 Å². The van der Waals surface area contributed by atoms with Crippen LogP contribution in [0.2, 0.25) is 0 Å². The van der Waals surface area contributed by atoms with E-state index in [9.17, 15) is 9.59 Å². The number of fused-ring (bicyclic) bond motifs is 2. The number of carboxylic acids is 1. The standard InChI is InChI=1S/C16H12O4/c1-2-9-3-5-13-11(7-9)15(17)12-8-10(16(18)19)4-6-14(12)20-13/h3-8H,2H2,1H3,(H,18,19). The van der Waals surface area contributed by atoms with E-state index in [0.717, 1.165) is 12.0 Å². The smallest absolute Gasteiger partial charge is 0.335 e. The van der Waals surface area contributed by atoms with Crippen molar-refractivity contribution in [2.75, 3.05) is 0 Å². The van der Waals surface area contributed by atoms with E-state index in [1.54, 1.807) is 12.1 Å². The summed E-state index contributed by atoms with van der Waals surface area (Å²) in [7, 11) is 0. The van der Waals surface area contributed by atoms with Crippen LogP contribution >= 0.6 is 0 Å². The molecule has 0 aliphatic carbocycles. The first kappa shape index (κ1) is 12.4. The van der Waals surface area contributed by atoms with Gasteiger partial charge in [-0.05, 0) is 42.3 Å². The lowest BCUT2D eigenvalue weighted by molar-refractivity contribution is 0.0697. The summed E-state index contributed by atoms with van der Waals surface area (Å²) >= 11 is 0. The molecule has 1 aromatic heterocycles. The van der Waals surface area contributed by atoms with Gasteiger partial charge in [-0.2, -0.15) is 0 Å². The maximum absolute atomic E-state index is 12.5. The minimum absolute atomic E-state index is 0.0794. The highest BCUT2D eigenvalue weighted by Crippen LogP contribution is 2.21. The fourth-order valence-electron chi connectivity index (χ4n) is 2.26. The molecule has 3 rings (SSSR count). The normalized spacial score (nSPS) is 11.1. The summed E-state index contributed by atoms with van der Waals surface area (Å²) in [4.78, 5) is 23.5. The lowest BCUT2D eigenvalue weighted by atomic mass is 10.1. The van der Waals surface area contributed by atoms with Gasteiger partial charge in [-0.25, -0.2) is 4.79 Å². The Morgan fingerprint density at radius 1 is 1.10 bits per heavy atom. The van der Waals surface area contributed by atoms with Crippen molar-refractivity contribution in [3.63, 3.8) is 0 Å². The largest absolute Gasteiger partial charge is 0.478 e. The average Bonchev–Trinajstić information content (AvgIpc) is 2.47. The van der Waals surface area contributed by atoms with Crippen molar-refractivity contribution >= 4 is 27.9 Å². The van der Waals surface area contributed by atoms with Crippen LogP contribution in [0.5, 0.6) is 0 Å². The lowest BCUT2D eigenvalue weighted by Gasteiger charge is -2.04. The van der Waals surface area contributed by atoms with Crippen LogP contribution in [0.15, 0.2) is 45.6 Å². The van der Waals surface area contributed by atoms with Crippen molar-refractivity contribution in [1.29, 1.82) is 0 Å². The van der Waals surface area contributed by atoms with Crippen LogP contribution < -0.4 is 5.43 Å². The molecule has 4 nitrogen and oxygen atoms in total. The first-order chi connectivity index (χ1) is 9.60. The Hall–Kier alpha value is -2.62. The van der Waals surface area contributed by atoms with Crippen LogP contribution in [0.1, 0.15) is 22.8 Å². The van der Waals surface area contributed by atoms with Crippen molar-refractivity contribution in [2.24, 2.45) is 0 Å². The van der Waals surface area contributed by atoms with Crippen LogP contribution in [0.25, 0.3) is 21.9 Å². The van der Waals surface area contributed by atoms with E-state index < -0.39 is 5.97 Å². The second-order valence-corrected chi connectivity index (χ2v) is 4.63. The Labute approximate surface area is 114 Å². The molecule has 0 bridgehead atoms. The molecule has 100 valence electrons. The second-order valence-electron chi connectivity index (χ2n) is 4.63. The van der Waals surface area contributed by atoms with Crippen LogP contribution in [0.4, 0.5) is 0 Å². The molecule has 0 saturated heterocycles. The van der Waals surface area contributed by atoms with Gasteiger partial charge in [0.1, 0.15) is 11.2 Å². The van der Waals surface area contributed by atoms with Crippen LogP contribution in [0, 0.1) is 0 Å². The summed E-state index contributed by atoms with van der Waals surface area (Å²) in [5.74, 6) is -1.06. The maximum atomic E-state index is 12.5. The molecule has 0 unspecified atom stereocenters. The molecule has 0 saturated carbocycles. The first-order valence-corrected chi connectivity index (χ1v) is 6.33. The molecule has 1 heterocycles. The summed E-state index contributed by atoms with van der Waals surface area (Å²) in [6.07, 6.45) is 0.822. The van der Waals surface area contributed by atoms with E-state index in [0.29, 0.717) is 21.9 Å². The molecule has 0 aliphatic heterocycles. The quantitative estimate of drug-likeness (QED) is 0.725. The van der Waals surface area contributed by atoms with Gasteiger partial charge in [0.2, 0.25) is 5.43 Å². The number of hydrogen-bond donors (Lipinski definition) is 1. The van der Waals surface area contributed by atoms with Gasteiger partial charge < -0.3 is 9.52 Å². The van der Waals surface area contributed by atoms with E-state index in [2.05, 4.69) is 0 Å². The number of rotatable bonds is 2. The third-order valence-corrected chi connectivity index (χ3v) is 3.39. The minimum atomic E-state index is -1.06. The number of aryl methyl sites for hydroxylation is 1. The fraction of sp³-hybridized carbons (Fsp3) is 0.125. The van der Waals surface area contributed by atoms with Crippen LogP contribution in [-0.2, 0) is 6.42 Å². The van der Waals surface area contributed by atoms with Gasteiger partial charge in [0.15, 0.2) is 0 Å². The SMILES string of the molecule is CCc1ccc2oc3ccc(C(=O)O)cc3c(=O)c2c1. The van der Waals surface area contributed by atoms with E-state index in [1.165, 1.54) is 18.2 Å². The Morgan fingerprint density at radius 2 is 1.75 bits per heavy atom. The second kappa shape index (κ2) is 4.49. The molecule has 1 N–H and O–H groups in total. The first-order valence-electron chi connectivity index (χ1n) is 6.33. The van der Waals surface area contributed by atoms with E-state index in [4.69, 9.17) is 9.52 Å². The van der Waals surface area contributed by atoms with Gasteiger partial charge in [0, 0.05) is 0 Å². The molecule has 4 heteroatoms. The zero-order chi connectivity index (χ0) is 14.3. The van der Waals surface area contributed by atoms with Crippen molar-refractivity contribution < 1.29 is 14.3 Å². The van der Waals surface area contributed by atoms with Gasteiger partial charge in [-0.1, -0.05) is 13.0 Å². The predicted octanol–water partition coefficient (Wildman–Crippen LogP) is 3.21. The topological polar surface area (TPSA) is 67.5 Å². The number of benzene rings is 2. The third-order valence-electron chi connectivity index (χ3n) is 3.39. The molecule has 0 aliphatic rings. The van der Waals surface area contributed by atoms with Gasteiger partial charge in [-0.15, -0.1) is 0 Å². The Bertz CT molecular complexity index is 890. The molecule has 0 atom stereocenters. The number of carbonyl (C=O) groups is 1. The highest BCUT2D eigenvalue weighted by molar-refractivity contribution is 5.96. The molecule has 20 heavy (non-hydrogen) atoms. The zero-order valence-electron chi connectivity index (χ0n) is 10.8. The van der Waals surface area contributed by atoms with Crippen molar-refractivity contribution in [3.8, 4) is 0 Å². The molecule has 0 amide bonds. The molecule has 2 aromatic carbocycles. The highest BCUT2D eigenvalue weighted by Gasteiger charge is 2.11. The van der Waals surface area contributed by atoms with E-state index in [-0.39, 0.29) is 11.0 Å². The van der Waals surface area contributed by atoms with Gasteiger partial charge >= 0.3 is 5.97 Å². The summed E-state index contributed by atoms with van der Waals surface area (Å²) in [6.45, 7) is 2.01. The van der Waals surface area contributed by atoms with E-state index in [1.807, 2.05) is 13.0 Å². The Balaban J connectivity index is 2.42. The number of carboxylic acid groups (broad SMARTS) is 1. The minimum Gasteiger partial charge on any atom is -0.478 e. The fourth-order valence-corrected chi connectivity index (χ4v) is 2.26. The van der Waals surface area contributed by atoms with Crippen molar-refractivity contribution in [2.45, 2.75) is 13.3 Å². The lowest BCUT2D eigenvalue weighted by Crippen LogP contribution is -2.05. The number of hydrogen-bond acceptors (Lipinski definition) is 3. The van der Waals surface area contributed by atoms with E-state index >= 15 is 0 Å². The van der Waals surface area contributed by atoms with Crippen LogP contribution in [-0.4, -0.2) is 11.1 Å². The summed E-state index contributed by atoms with van der Waals surface area (Å²) in [6, 6.07) is 9.81. The molecule has 0 spiro atoms. The third kappa shape index (κ3) is 1.86. The highest BCUT2D eigenvalue weighted by atomic mass is 16.4. The monoisotopic (exact) mass is 268 g/mol. The molecule has 0 radical (unpaired) electrons. The summed E-state index contributed by atoms with van der Waals surface area (Å²) in [5.41, 5.74) is 1.84. The molecular formula is C16H12O4. The van der Waals surface area contributed by atoms with Crippen molar-refractivity contribution in [3.05, 3.63) is 57.7 Å². The Kier molecular flexibility index (Phi) is 2.79. The maximum Gasteiger partial charge on any atom is 0.335 e. The molecule has 3 aromatic rings. The summed E-state index contributed by atoms with van der Waals surface area (Å²) < 4.78 is 5.67. The summed E-state index contributed by atoms with van der Waals surface area (Å²) in [5, 5.41) is 9.78. The Morgan fingerprint density at radius 3 is 2.40 bits per heavy atom.